The minimum absolute atomic E-state index is 0.0929. The van der Waals surface area contributed by atoms with Gasteiger partial charge in [-0.05, 0) is 13.0 Å². The average Bonchev–Trinajstić information content (AvgIpc) is 2.17. The fourth-order valence-electron chi connectivity index (χ4n) is 1.07. The standard InChI is InChI=1S/C8H10N2O4/c1-5(9-12)7-4-6(10(13)14)2-3-8(7)11/h2-5,9,11-12H,1H3. The van der Waals surface area contributed by atoms with Crippen molar-refractivity contribution in [3.8, 4) is 5.75 Å². The summed E-state index contributed by atoms with van der Waals surface area (Å²) in [5.74, 6) is -0.0929. The maximum Gasteiger partial charge on any atom is 0.270 e. The highest BCUT2D eigenvalue weighted by atomic mass is 16.6. The van der Waals surface area contributed by atoms with Gasteiger partial charge in [-0.2, -0.15) is 5.48 Å². The Bertz CT molecular complexity index is 353. The van der Waals surface area contributed by atoms with Crippen molar-refractivity contribution in [3.63, 3.8) is 0 Å². The molecule has 3 N–H and O–H groups in total. The first-order valence-corrected chi connectivity index (χ1v) is 3.93. The van der Waals surface area contributed by atoms with Gasteiger partial charge in [-0.15, -0.1) is 0 Å². The number of hydrogen-bond acceptors (Lipinski definition) is 5. The third-order valence-electron chi connectivity index (χ3n) is 1.88. The largest absolute Gasteiger partial charge is 0.508 e. The van der Waals surface area contributed by atoms with Gasteiger partial charge in [0.05, 0.1) is 11.0 Å². The lowest BCUT2D eigenvalue weighted by molar-refractivity contribution is -0.385. The van der Waals surface area contributed by atoms with Crippen LogP contribution in [0, 0.1) is 10.1 Å². The molecule has 1 aromatic rings. The van der Waals surface area contributed by atoms with Crippen molar-refractivity contribution in [2.75, 3.05) is 0 Å². The van der Waals surface area contributed by atoms with E-state index in [-0.39, 0.29) is 17.0 Å². The quantitative estimate of drug-likeness (QED) is 0.503. The number of nitrogens with zero attached hydrogens (tertiary/aromatic N) is 1. The minimum Gasteiger partial charge on any atom is -0.508 e. The van der Waals surface area contributed by atoms with Crippen molar-refractivity contribution in [1.29, 1.82) is 0 Å². The van der Waals surface area contributed by atoms with Crippen LogP contribution in [0.2, 0.25) is 0 Å². The summed E-state index contributed by atoms with van der Waals surface area (Å²) < 4.78 is 0. The van der Waals surface area contributed by atoms with Crippen LogP contribution in [0.5, 0.6) is 5.75 Å². The van der Waals surface area contributed by atoms with Crippen LogP contribution < -0.4 is 5.48 Å². The second-order valence-corrected chi connectivity index (χ2v) is 2.85. The molecule has 0 fully saturated rings. The average molecular weight is 198 g/mol. The topological polar surface area (TPSA) is 95.6 Å². The lowest BCUT2D eigenvalue weighted by Gasteiger charge is -2.10. The Morgan fingerprint density at radius 3 is 2.71 bits per heavy atom. The molecule has 6 heteroatoms. The number of phenols is 1. The smallest absolute Gasteiger partial charge is 0.270 e. The maximum absolute atomic E-state index is 10.4. The summed E-state index contributed by atoms with van der Waals surface area (Å²) in [5.41, 5.74) is 2.06. The highest BCUT2D eigenvalue weighted by Crippen LogP contribution is 2.27. The molecular weight excluding hydrogens is 188 g/mol. The number of phenolic OH excluding ortho intramolecular Hbond substituents is 1. The molecule has 0 heterocycles. The van der Waals surface area contributed by atoms with Gasteiger partial charge in [0.1, 0.15) is 5.75 Å². The summed E-state index contributed by atoms with van der Waals surface area (Å²) in [6.07, 6.45) is 0. The summed E-state index contributed by atoms with van der Waals surface area (Å²) >= 11 is 0. The first kappa shape index (κ1) is 10.4. The van der Waals surface area contributed by atoms with Crippen LogP contribution in [0.25, 0.3) is 0 Å². The summed E-state index contributed by atoms with van der Waals surface area (Å²) in [6, 6.07) is 3.07. The first-order valence-electron chi connectivity index (χ1n) is 3.93. The normalized spacial score (nSPS) is 12.4. The number of benzene rings is 1. The zero-order valence-electron chi connectivity index (χ0n) is 7.47. The zero-order chi connectivity index (χ0) is 10.7. The number of nitro groups is 1. The third kappa shape index (κ3) is 1.98. The second-order valence-electron chi connectivity index (χ2n) is 2.85. The molecule has 0 radical (unpaired) electrons. The van der Waals surface area contributed by atoms with Crippen molar-refractivity contribution < 1.29 is 15.2 Å². The van der Waals surface area contributed by atoms with Gasteiger partial charge in [0, 0.05) is 17.7 Å². The van der Waals surface area contributed by atoms with Gasteiger partial charge in [0.2, 0.25) is 0 Å². The van der Waals surface area contributed by atoms with Crippen LogP contribution in [-0.2, 0) is 0 Å². The summed E-state index contributed by atoms with van der Waals surface area (Å²) in [7, 11) is 0. The Balaban J connectivity index is 3.14. The van der Waals surface area contributed by atoms with E-state index >= 15 is 0 Å². The van der Waals surface area contributed by atoms with E-state index in [1.165, 1.54) is 18.2 Å². The molecule has 0 amide bonds. The molecule has 14 heavy (non-hydrogen) atoms. The predicted molar refractivity (Wildman–Crippen MR) is 48.1 cm³/mol. The Morgan fingerprint density at radius 2 is 2.21 bits per heavy atom. The van der Waals surface area contributed by atoms with Gasteiger partial charge in [-0.1, -0.05) is 0 Å². The fraction of sp³-hybridized carbons (Fsp3) is 0.250. The van der Waals surface area contributed by atoms with Crippen molar-refractivity contribution in [1.82, 2.24) is 5.48 Å². The molecule has 0 aromatic heterocycles. The van der Waals surface area contributed by atoms with Crippen molar-refractivity contribution in [2.45, 2.75) is 13.0 Å². The molecule has 0 aliphatic carbocycles. The van der Waals surface area contributed by atoms with E-state index in [0.717, 1.165) is 0 Å². The van der Waals surface area contributed by atoms with E-state index in [0.29, 0.717) is 0 Å². The molecule has 1 aromatic carbocycles. The van der Waals surface area contributed by atoms with E-state index in [2.05, 4.69) is 0 Å². The highest BCUT2D eigenvalue weighted by molar-refractivity contribution is 5.44. The Kier molecular flexibility index (Phi) is 3.00. The van der Waals surface area contributed by atoms with Crippen LogP contribution in [0.3, 0.4) is 0 Å². The van der Waals surface area contributed by atoms with Crippen LogP contribution >= 0.6 is 0 Å². The van der Waals surface area contributed by atoms with Crippen LogP contribution in [0.15, 0.2) is 18.2 Å². The number of rotatable bonds is 3. The van der Waals surface area contributed by atoms with Crippen LogP contribution in [-0.4, -0.2) is 15.2 Å². The van der Waals surface area contributed by atoms with E-state index in [9.17, 15) is 15.2 Å². The molecule has 76 valence electrons. The molecule has 0 saturated carbocycles. The molecule has 1 unspecified atom stereocenters. The van der Waals surface area contributed by atoms with E-state index in [4.69, 9.17) is 5.21 Å². The molecule has 6 nitrogen and oxygen atoms in total. The molecular formula is C8H10N2O4. The summed E-state index contributed by atoms with van der Waals surface area (Å²) in [4.78, 5) is 9.85. The van der Waals surface area contributed by atoms with Crippen molar-refractivity contribution >= 4 is 5.69 Å². The molecule has 1 rings (SSSR count). The Labute approximate surface area is 79.9 Å². The molecule has 0 spiro atoms. The highest BCUT2D eigenvalue weighted by Gasteiger charge is 2.14. The van der Waals surface area contributed by atoms with Gasteiger partial charge in [0.25, 0.3) is 5.69 Å². The number of nitrogens with one attached hydrogen (secondary N) is 1. The van der Waals surface area contributed by atoms with Gasteiger partial charge in [-0.25, -0.2) is 0 Å². The first-order chi connectivity index (χ1) is 6.56. The predicted octanol–water partition coefficient (Wildman–Crippen LogP) is 1.34. The van der Waals surface area contributed by atoms with Crippen LogP contribution in [0.4, 0.5) is 5.69 Å². The lowest BCUT2D eigenvalue weighted by Crippen LogP contribution is -2.13. The number of non-ortho nitro benzene ring substituents is 1. The van der Waals surface area contributed by atoms with E-state index in [1.807, 2.05) is 5.48 Å². The SMILES string of the molecule is CC(NO)c1cc([N+](=O)[O-])ccc1O. The van der Waals surface area contributed by atoms with Gasteiger partial charge < -0.3 is 10.3 Å². The molecule has 0 aliphatic heterocycles. The molecule has 0 saturated heterocycles. The monoisotopic (exact) mass is 198 g/mol. The molecule has 0 bridgehead atoms. The molecule has 0 aliphatic rings. The lowest BCUT2D eigenvalue weighted by atomic mass is 10.1. The maximum atomic E-state index is 10.4. The number of aromatic hydroxyl groups is 1. The van der Waals surface area contributed by atoms with Gasteiger partial charge in [0.15, 0.2) is 0 Å². The Hall–Kier alpha value is -1.66. The second kappa shape index (κ2) is 4.03. The van der Waals surface area contributed by atoms with Crippen molar-refractivity contribution in [2.24, 2.45) is 0 Å². The summed E-state index contributed by atoms with van der Waals surface area (Å²) in [6.45, 7) is 1.57. The van der Waals surface area contributed by atoms with Crippen LogP contribution in [0.1, 0.15) is 18.5 Å². The molecule has 1 atom stereocenters. The summed E-state index contributed by atoms with van der Waals surface area (Å²) in [5, 5.41) is 28.4. The van der Waals surface area contributed by atoms with Gasteiger partial charge in [-0.3, -0.25) is 10.1 Å². The Morgan fingerprint density at radius 1 is 1.57 bits per heavy atom. The van der Waals surface area contributed by atoms with E-state index < -0.39 is 11.0 Å². The minimum atomic E-state index is -0.562. The van der Waals surface area contributed by atoms with Gasteiger partial charge >= 0.3 is 0 Å². The van der Waals surface area contributed by atoms with Crippen molar-refractivity contribution in [3.05, 3.63) is 33.9 Å². The van der Waals surface area contributed by atoms with E-state index in [1.54, 1.807) is 6.92 Å². The number of nitro benzene ring substituents is 1. The number of hydrogen-bond donors (Lipinski definition) is 3. The fourth-order valence-corrected chi connectivity index (χ4v) is 1.07. The zero-order valence-corrected chi connectivity index (χ0v) is 7.47. The third-order valence-corrected chi connectivity index (χ3v) is 1.88. The number of hydroxylamine groups is 1.